The van der Waals surface area contributed by atoms with Gasteiger partial charge in [0.05, 0.1) is 6.61 Å². The van der Waals surface area contributed by atoms with E-state index in [9.17, 15) is 0 Å². The number of nitrogens with one attached hydrogen (secondary N) is 1. The molecule has 0 aliphatic carbocycles. The maximum Gasteiger partial charge on any atom is 0.0628 e. The first-order chi connectivity index (χ1) is 7.80. The fraction of sp³-hybridized carbons (Fsp3) is 1.00. The summed E-state index contributed by atoms with van der Waals surface area (Å²) in [4.78, 5) is 2.59. The minimum Gasteiger partial charge on any atom is -0.383 e. The van der Waals surface area contributed by atoms with Crippen molar-refractivity contribution in [2.75, 3.05) is 39.9 Å². The summed E-state index contributed by atoms with van der Waals surface area (Å²) >= 11 is 0. The van der Waals surface area contributed by atoms with E-state index >= 15 is 0 Å². The van der Waals surface area contributed by atoms with Gasteiger partial charge in [-0.15, -0.1) is 0 Å². The highest BCUT2D eigenvalue weighted by Crippen LogP contribution is 2.20. The molecule has 1 fully saturated rings. The Labute approximate surface area is 101 Å². The molecule has 1 rings (SSSR count). The lowest BCUT2D eigenvalue weighted by molar-refractivity contribution is 0.145. The predicted octanol–water partition coefficient (Wildman–Crippen LogP) is 1.73. The summed E-state index contributed by atoms with van der Waals surface area (Å²) < 4.78 is 5.25. The standard InChI is InChI=1S/C13H28N2O/c1-4-6-12-7-8-15(9-12)10-13(11-16-3)14-5-2/h12-14H,4-11H2,1-3H3. The second-order valence-electron chi connectivity index (χ2n) is 4.91. The third-order valence-electron chi connectivity index (χ3n) is 3.41. The lowest BCUT2D eigenvalue weighted by Crippen LogP contribution is -2.43. The van der Waals surface area contributed by atoms with Gasteiger partial charge in [0, 0.05) is 26.2 Å². The fourth-order valence-electron chi connectivity index (χ4n) is 2.70. The average molecular weight is 228 g/mol. The van der Waals surface area contributed by atoms with Crippen LogP contribution in [0, 0.1) is 5.92 Å². The molecule has 0 saturated carbocycles. The molecule has 3 nitrogen and oxygen atoms in total. The molecule has 1 aliphatic heterocycles. The number of hydrogen-bond donors (Lipinski definition) is 1. The van der Waals surface area contributed by atoms with Gasteiger partial charge in [-0.05, 0) is 31.8 Å². The first-order valence-corrected chi connectivity index (χ1v) is 6.74. The molecule has 0 radical (unpaired) electrons. The maximum atomic E-state index is 5.25. The van der Waals surface area contributed by atoms with E-state index in [4.69, 9.17) is 4.74 Å². The molecular formula is C13H28N2O. The molecule has 1 heterocycles. The molecule has 1 saturated heterocycles. The summed E-state index contributed by atoms with van der Waals surface area (Å²) in [5.74, 6) is 0.940. The number of ether oxygens (including phenoxy) is 1. The summed E-state index contributed by atoms with van der Waals surface area (Å²) in [5, 5.41) is 3.49. The fourth-order valence-corrected chi connectivity index (χ4v) is 2.70. The molecule has 96 valence electrons. The van der Waals surface area contributed by atoms with Gasteiger partial charge in [-0.25, -0.2) is 0 Å². The first kappa shape index (κ1) is 13.9. The van der Waals surface area contributed by atoms with E-state index in [1.807, 2.05) is 0 Å². The van der Waals surface area contributed by atoms with Crippen molar-refractivity contribution in [3.8, 4) is 0 Å². The minimum atomic E-state index is 0.496. The summed E-state index contributed by atoms with van der Waals surface area (Å²) in [6.07, 6.45) is 4.11. The van der Waals surface area contributed by atoms with Crippen molar-refractivity contribution in [2.45, 2.75) is 39.2 Å². The number of likely N-dealkylation sites (N-methyl/N-ethyl adjacent to an activating group) is 1. The zero-order chi connectivity index (χ0) is 11.8. The van der Waals surface area contributed by atoms with Crippen LogP contribution in [0.15, 0.2) is 0 Å². The van der Waals surface area contributed by atoms with Crippen LogP contribution in [0.4, 0.5) is 0 Å². The molecule has 0 aromatic rings. The number of nitrogens with zero attached hydrogens (tertiary/aromatic N) is 1. The first-order valence-electron chi connectivity index (χ1n) is 6.74. The molecule has 2 atom stereocenters. The molecule has 0 aromatic carbocycles. The molecule has 0 aromatic heterocycles. The van der Waals surface area contributed by atoms with E-state index in [0.29, 0.717) is 6.04 Å². The third kappa shape index (κ3) is 4.81. The van der Waals surface area contributed by atoms with E-state index in [1.165, 1.54) is 32.4 Å². The van der Waals surface area contributed by atoms with E-state index in [-0.39, 0.29) is 0 Å². The van der Waals surface area contributed by atoms with Crippen molar-refractivity contribution >= 4 is 0 Å². The molecule has 0 bridgehead atoms. The van der Waals surface area contributed by atoms with Gasteiger partial charge < -0.3 is 15.0 Å². The molecule has 1 aliphatic rings. The van der Waals surface area contributed by atoms with Crippen LogP contribution < -0.4 is 5.32 Å². The third-order valence-corrected chi connectivity index (χ3v) is 3.41. The second kappa shape index (κ2) is 8.04. The van der Waals surface area contributed by atoms with Crippen LogP contribution in [0.3, 0.4) is 0 Å². The van der Waals surface area contributed by atoms with Crippen LogP contribution in [0.5, 0.6) is 0 Å². The van der Waals surface area contributed by atoms with E-state index in [1.54, 1.807) is 7.11 Å². The molecule has 0 spiro atoms. The van der Waals surface area contributed by atoms with Crippen molar-refractivity contribution < 1.29 is 4.74 Å². The number of hydrogen-bond acceptors (Lipinski definition) is 3. The second-order valence-corrected chi connectivity index (χ2v) is 4.91. The monoisotopic (exact) mass is 228 g/mol. The number of rotatable bonds is 8. The van der Waals surface area contributed by atoms with Crippen molar-refractivity contribution in [3.63, 3.8) is 0 Å². The van der Waals surface area contributed by atoms with Gasteiger partial charge in [0.25, 0.3) is 0 Å². The minimum absolute atomic E-state index is 0.496. The van der Waals surface area contributed by atoms with Crippen LogP contribution in [0.2, 0.25) is 0 Å². The molecule has 3 heteroatoms. The van der Waals surface area contributed by atoms with Crippen molar-refractivity contribution in [1.29, 1.82) is 0 Å². The normalized spacial score (nSPS) is 23.8. The zero-order valence-electron chi connectivity index (χ0n) is 11.2. The molecule has 2 unspecified atom stereocenters. The summed E-state index contributed by atoms with van der Waals surface area (Å²) in [6, 6.07) is 0.496. The molecule has 16 heavy (non-hydrogen) atoms. The Morgan fingerprint density at radius 2 is 2.25 bits per heavy atom. The quantitative estimate of drug-likeness (QED) is 0.685. The lowest BCUT2D eigenvalue weighted by Gasteiger charge is -2.24. The number of likely N-dealkylation sites (tertiary alicyclic amines) is 1. The smallest absolute Gasteiger partial charge is 0.0628 e. The average Bonchev–Trinajstić information content (AvgIpc) is 2.67. The number of methoxy groups -OCH3 is 1. The predicted molar refractivity (Wildman–Crippen MR) is 68.8 cm³/mol. The van der Waals surface area contributed by atoms with Crippen LogP contribution in [0.1, 0.15) is 33.1 Å². The summed E-state index contributed by atoms with van der Waals surface area (Å²) in [7, 11) is 1.79. The van der Waals surface area contributed by atoms with Crippen molar-refractivity contribution in [2.24, 2.45) is 5.92 Å². The van der Waals surface area contributed by atoms with Crippen LogP contribution in [-0.4, -0.2) is 50.8 Å². The van der Waals surface area contributed by atoms with Gasteiger partial charge in [0.15, 0.2) is 0 Å². The van der Waals surface area contributed by atoms with Crippen LogP contribution >= 0.6 is 0 Å². The van der Waals surface area contributed by atoms with Gasteiger partial charge in [0.1, 0.15) is 0 Å². The van der Waals surface area contributed by atoms with Crippen molar-refractivity contribution in [1.82, 2.24) is 10.2 Å². The maximum absolute atomic E-state index is 5.25. The summed E-state index contributed by atoms with van der Waals surface area (Å²) in [5.41, 5.74) is 0. The van der Waals surface area contributed by atoms with Crippen LogP contribution in [0.25, 0.3) is 0 Å². The SMILES string of the molecule is CCCC1CCN(CC(COC)NCC)C1. The highest BCUT2D eigenvalue weighted by Gasteiger charge is 2.23. The molecule has 0 amide bonds. The van der Waals surface area contributed by atoms with Gasteiger partial charge in [-0.3, -0.25) is 0 Å². The Morgan fingerprint density at radius 1 is 1.44 bits per heavy atom. The Bertz CT molecular complexity index is 169. The Hall–Kier alpha value is -0.120. The Balaban J connectivity index is 2.24. The zero-order valence-corrected chi connectivity index (χ0v) is 11.2. The summed E-state index contributed by atoms with van der Waals surface area (Å²) in [6.45, 7) is 10.0. The van der Waals surface area contributed by atoms with Gasteiger partial charge >= 0.3 is 0 Å². The van der Waals surface area contributed by atoms with Gasteiger partial charge in [0.2, 0.25) is 0 Å². The Kier molecular flexibility index (Phi) is 7.01. The van der Waals surface area contributed by atoms with E-state index < -0.39 is 0 Å². The topological polar surface area (TPSA) is 24.5 Å². The van der Waals surface area contributed by atoms with Gasteiger partial charge in [-0.2, -0.15) is 0 Å². The van der Waals surface area contributed by atoms with Crippen molar-refractivity contribution in [3.05, 3.63) is 0 Å². The highest BCUT2D eigenvalue weighted by atomic mass is 16.5. The molecular weight excluding hydrogens is 200 g/mol. The van der Waals surface area contributed by atoms with Crippen LogP contribution in [-0.2, 0) is 4.74 Å². The largest absolute Gasteiger partial charge is 0.383 e. The molecule has 1 N–H and O–H groups in total. The Morgan fingerprint density at radius 3 is 2.88 bits per heavy atom. The lowest BCUT2D eigenvalue weighted by atomic mass is 10.0. The van der Waals surface area contributed by atoms with Gasteiger partial charge in [-0.1, -0.05) is 20.3 Å². The highest BCUT2D eigenvalue weighted by molar-refractivity contribution is 4.79. The van der Waals surface area contributed by atoms with E-state index in [0.717, 1.165) is 25.6 Å². The van der Waals surface area contributed by atoms with E-state index in [2.05, 4.69) is 24.1 Å².